The van der Waals surface area contributed by atoms with Crippen molar-refractivity contribution in [2.75, 3.05) is 32.7 Å². The van der Waals surface area contributed by atoms with Gasteiger partial charge in [-0.1, -0.05) is 30.3 Å². The second-order valence-electron chi connectivity index (χ2n) is 12.8. The van der Waals surface area contributed by atoms with E-state index in [9.17, 15) is 21.6 Å². The van der Waals surface area contributed by atoms with E-state index in [-0.39, 0.29) is 34.6 Å². The van der Waals surface area contributed by atoms with Gasteiger partial charge in [0.2, 0.25) is 21.9 Å². The Kier molecular flexibility index (Phi) is 9.88. The zero-order valence-electron chi connectivity index (χ0n) is 27.5. The molecule has 2 aliphatic rings. The monoisotopic (exact) mass is 684 g/mol. The lowest BCUT2D eigenvalue weighted by Gasteiger charge is -2.31. The highest BCUT2D eigenvalue weighted by Crippen LogP contribution is 2.44. The fourth-order valence-electron chi connectivity index (χ4n) is 6.29. The SMILES string of the molecule is Cc1c(C)c(S(=O)(=O)/N=C(\N)NCCC[C@H](NS(=O)(=O)c2ccc3ccccc3c2)C(=O)N2CCNCC2)c(C)c2c1OC(C)(C)C2. The second-order valence-corrected chi connectivity index (χ2v) is 16.1. The lowest BCUT2D eigenvalue weighted by atomic mass is 9.94. The first-order valence-corrected chi connectivity index (χ1v) is 18.7. The maximum absolute atomic E-state index is 13.5. The number of fused-ring (bicyclic) bond motifs is 2. The van der Waals surface area contributed by atoms with Crippen molar-refractivity contribution >= 4 is 42.7 Å². The van der Waals surface area contributed by atoms with Gasteiger partial charge in [0.1, 0.15) is 17.4 Å². The van der Waals surface area contributed by atoms with Crippen LogP contribution in [0, 0.1) is 20.8 Å². The molecule has 2 heterocycles. The van der Waals surface area contributed by atoms with Gasteiger partial charge >= 0.3 is 0 Å². The van der Waals surface area contributed by atoms with Gasteiger partial charge in [-0.2, -0.15) is 13.1 Å². The molecule has 3 aromatic rings. The third-order valence-electron chi connectivity index (χ3n) is 8.80. The first-order valence-electron chi connectivity index (χ1n) is 15.8. The van der Waals surface area contributed by atoms with Crippen molar-refractivity contribution in [3.8, 4) is 5.75 Å². The number of carbonyl (C=O) groups excluding carboxylic acids is 1. The van der Waals surface area contributed by atoms with Crippen LogP contribution in [0.15, 0.2) is 56.7 Å². The molecular weight excluding hydrogens is 641 g/mol. The van der Waals surface area contributed by atoms with Crippen LogP contribution in [0.2, 0.25) is 0 Å². The van der Waals surface area contributed by atoms with Crippen molar-refractivity contribution in [3.63, 3.8) is 0 Å². The summed E-state index contributed by atoms with van der Waals surface area (Å²) in [5.41, 5.74) is 8.37. The Labute approximate surface area is 277 Å². The Hall–Kier alpha value is -3.72. The normalized spacial score (nSPS) is 17.3. The predicted molar refractivity (Wildman–Crippen MR) is 183 cm³/mol. The molecule has 0 bridgehead atoms. The number of hydrogen-bond acceptors (Lipinski definition) is 7. The van der Waals surface area contributed by atoms with Gasteiger partial charge in [0.25, 0.3) is 10.0 Å². The minimum atomic E-state index is -4.17. The van der Waals surface area contributed by atoms with Crippen LogP contribution in [0.5, 0.6) is 5.75 Å². The van der Waals surface area contributed by atoms with Gasteiger partial charge in [-0.25, -0.2) is 8.42 Å². The molecule has 0 radical (unpaired) electrons. The van der Waals surface area contributed by atoms with Gasteiger partial charge < -0.3 is 26.0 Å². The van der Waals surface area contributed by atoms with Crippen LogP contribution in [0.1, 0.15) is 48.9 Å². The number of amides is 1. The van der Waals surface area contributed by atoms with E-state index in [4.69, 9.17) is 10.5 Å². The molecule has 0 unspecified atom stereocenters. The van der Waals surface area contributed by atoms with Crippen molar-refractivity contribution in [1.82, 2.24) is 20.3 Å². The van der Waals surface area contributed by atoms with E-state index in [1.54, 1.807) is 30.9 Å². The van der Waals surface area contributed by atoms with E-state index < -0.39 is 31.7 Å². The van der Waals surface area contributed by atoms with E-state index in [0.29, 0.717) is 50.1 Å². The number of nitrogens with one attached hydrogen (secondary N) is 3. The van der Waals surface area contributed by atoms with Gasteiger partial charge in [0.15, 0.2) is 0 Å². The van der Waals surface area contributed by atoms with Crippen LogP contribution in [-0.4, -0.2) is 78.0 Å². The maximum Gasteiger partial charge on any atom is 0.286 e. The molecule has 47 heavy (non-hydrogen) atoms. The van der Waals surface area contributed by atoms with E-state index in [2.05, 4.69) is 19.8 Å². The number of hydrogen-bond donors (Lipinski definition) is 4. The van der Waals surface area contributed by atoms with E-state index in [1.165, 1.54) is 6.07 Å². The summed E-state index contributed by atoms with van der Waals surface area (Å²) in [5, 5.41) is 7.70. The van der Waals surface area contributed by atoms with Gasteiger partial charge in [0.05, 0.1) is 9.79 Å². The molecule has 2 aliphatic heterocycles. The maximum atomic E-state index is 13.5. The number of sulfonamides is 2. The number of piperazine rings is 1. The van der Waals surface area contributed by atoms with Gasteiger partial charge in [-0.3, -0.25) is 4.79 Å². The first kappa shape index (κ1) is 34.6. The molecule has 3 aromatic carbocycles. The largest absolute Gasteiger partial charge is 0.487 e. The molecule has 0 saturated carbocycles. The molecule has 5 N–H and O–H groups in total. The second kappa shape index (κ2) is 13.4. The molecule has 254 valence electrons. The number of nitrogens with two attached hydrogens (primary N) is 1. The Bertz CT molecular complexity index is 1940. The molecule has 14 heteroatoms. The Morgan fingerprint density at radius 3 is 2.40 bits per heavy atom. The third-order valence-corrected chi connectivity index (χ3v) is 11.8. The minimum absolute atomic E-state index is 0.0662. The van der Waals surface area contributed by atoms with E-state index >= 15 is 0 Å². The Balaban J connectivity index is 1.29. The van der Waals surface area contributed by atoms with Crippen molar-refractivity contribution < 1.29 is 26.4 Å². The van der Waals surface area contributed by atoms with Gasteiger partial charge in [-0.15, -0.1) is 4.40 Å². The fourth-order valence-corrected chi connectivity index (χ4v) is 9.01. The minimum Gasteiger partial charge on any atom is -0.487 e. The smallest absolute Gasteiger partial charge is 0.286 e. The third kappa shape index (κ3) is 7.56. The molecule has 1 atom stereocenters. The highest BCUT2D eigenvalue weighted by atomic mass is 32.2. The molecule has 5 rings (SSSR count). The van der Waals surface area contributed by atoms with Gasteiger partial charge in [-0.05, 0) is 87.1 Å². The fraction of sp³-hybridized carbons (Fsp3) is 0.455. The molecule has 0 aromatic heterocycles. The first-order chi connectivity index (χ1) is 22.1. The van der Waals surface area contributed by atoms with Crippen LogP contribution in [0.25, 0.3) is 10.8 Å². The molecule has 1 fully saturated rings. The number of carbonyl (C=O) groups is 1. The lowest BCUT2D eigenvalue weighted by molar-refractivity contribution is -0.133. The standard InChI is InChI=1S/C33H44N6O6S2/c1-21-22(2)30(23(3)27-20-33(4,5)45-29(21)27)47(43,44)38-32(34)36-14-8-11-28(31(40)39-17-15-35-16-18-39)37-46(41,42)26-13-12-24-9-6-7-10-25(24)19-26/h6-7,9-10,12-13,19,28,35,37H,8,11,14-18,20H2,1-5H3,(H3,34,36,38)/t28-/m0/s1. The van der Waals surface area contributed by atoms with Crippen molar-refractivity contribution in [3.05, 3.63) is 64.7 Å². The van der Waals surface area contributed by atoms with Crippen LogP contribution < -0.4 is 25.8 Å². The predicted octanol–water partition coefficient (Wildman–Crippen LogP) is 2.63. The topological polar surface area (TPSA) is 172 Å². The molecule has 1 saturated heterocycles. The summed E-state index contributed by atoms with van der Waals surface area (Å²) < 4.78 is 66.5. The summed E-state index contributed by atoms with van der Waals surface area (Å²) >= 11 is 0. The van der Waals surface area contributed by atoms with E-state index in [1.807, 2.05) is 45.0 Å². The van der Waals surface area contributed by atoms with Crippen LogP contribution in [0.4, 0.5) is 0 Å². The number of nitrogens with zero attached hydrogens (tertiary/aromatic N) is 2. The summed E-state index contributed by atoms with van der Waals surface area (Å²) in [5.74, 6) is 0.116. The average molecular weight is 685 g/mol. The summed E-state index contributed by atoms with van der Waals surface area (Å²) in [6, 6.07) is 11.3. The molecule has 1 amide bonds. The summed E-state index contributed by atoms with van der Waals surface area (Å²) in [6.45, 7) is 11.6. The lowest BCUT2D eigenvalue weighted by Crippen LogP contribution is -2.54. The molecular formula is C33H44N6O6S2. The number of ether oxygens (including phenoxy) is 1. The van der Waals surface area contributed by atoms with Crippen LogP contribution >= 0.6 is 0 Å². The zero-order valence-corrected chi connectivity index (χ0v) is 29.1. The summed E-state index contributed by atoms with van der Waals surface area (Å²) in [7, 11) is -8.20. The Morgan fingerprint density at radius 2 is 1.70 bits per heavy atom. The Morgan fingerprint density at radius 1 is 1.02 bits per heavy atom. The quantitative estimate of drug-likeness (QED) is 0.142. The number of benzene rings is 3. The van der Waals surface area contributed by atoms with Crippen LogP contribution in [-0.2, 0) is 31.3 Å². The highest BCUT2D eigenvalue weighted by molar-refractivity contribution is 7.90. The molecule has 12 nitrogen and oxygen atoms in total. The average Bonchev–Trinajstić information content (AvgIpc) is 3.36. The van der Waals surface area contributed by atoms with Crippen molar-refractivity contribution in [2.24, 2.45) is 10.1 Å². The number of rotatable bonds is 10. The highest BCUT2D eigenvalue weighted by Gasteiger charge is 2.37. The van der Waals surface area contributed by atoms with Crippen molar-refractivity contribution in [2.45, 2.75) is 75.3 Å². The van der Waals surface area contributed by atoms with Gasteiger partial charge in [0, 0.05) is 44.7 Å². The van der Waals surface area contributed by atoms with E-state index in [0.717, 1.165) is 27.6 Å². The zero-order chi connectivity index (χ0) is 34.1. The summed E-state index contributed by atoms with van der Waals surface area (Å²) in [6.07, 6.45) is 1.04. The number of guanidine groups is 1. The van der Waals surface area contributed by atoms with Crippen LogP contribution in [0.3, 0.4) is 0 Å². The van der Waals surface area contributed by atoms with Crippen molar-refractivity contribution in [1.29, 1.82) is 0 Å². The summed E-state index contributed by atoms with van der Waals surface area (Å²) in [4.78, 5) is 15.3. The molecule has 0 aliphatic carbocycles. The molecule has 0 spiro atoms.